The molecule has 0 aliphatic carbocycles. The van der Waals surface area contributed by atoms with Gasteiger partial charge in [0.25, 0.3) is 0 Å². The van der Waals surface area contributed by atoms with Crippen molar-refractivity contribution in [1.29, 1.82) is 0 Å². The van der Waals surface area contributed by atoms with Gasteiger partial charge in [0.05, 0.1) is 25.2 Å². The average Bonchev–Trinajstić information content (AvgIpc) is 3.15. The molecule has 3 rings (SSSR count). The summed E-state index contributed by atoms with van der Waals surface area (Å²) in [5.74, 6) is 1.07. The molecular formula is C20H29N5O. The predicted molar refractivity (Wildman–Crippen MR) is 107 cm³/mol. The first kappa shape index (κ1) is 18.6. The van der Waals surface area contributed by atoms with E-state index in [4.69, 9.17) is 4.74 Å². The van der Waals surface area contributed by atoms with Crippen molar-refractivity contribution in [3.05, 3.63) is 41.2 Å². The van der Waals surface area contributed by atoms with Crippen LogP contribution in [0.5, 0.6) is 5.75 Å². The van der Waals surface area contributed by atoms with Gasteiger partial charge in [-0.3, -0.25) is 19.8 Å². The van der Waals surface area contributed by atoms with E-state index in [-0.39, 0.29) is 0 Å². The van der Waals surface area contributed by atoms with Crippen LogP contribution in [0.2, 0.25) is 0 Å². The highest BCUT2D eigenvalue weighted by Gasteiger charge is 2.23. The molecule has 0 spiro atoms. The molecule has 0 saturated carbocycles. The Morgan fingerprint density at radius 1 is 1.35 bits per heavy atom. The largest absolute Gasteiger partial charge is 0.493 e. The van der Waals surface area contributed by atoms with E-state index in [0.29, 0.717) is 12.7 Å². The van der Waals surface area contributed by atoms with Gasteiger partial charge in [-0.1, -0.05) is 12.1 Å². The summed E-state index contributed by atoms with van der Waals surface area (Å²) < 4.78 is 5.72. The third kappa shape index (κ3) is 4.51. The molecule has 26 heavy (non-hydrogen) atoms. The van der Waals surface area contributed by atoms with Crippen molar-refractivity contribution in [3.8, 4) is 5.75 Å². The van der Waals surface area contributed by atoms with E-state index in [0.717, 1.165) is 50.7 Å². The lowest BCUT2D eigenvalue weighted by Crippen LogP contribution is -2.47. The first-order valence-corrected chi connectivity index (χ1v) is 9.27. The summed E-state index contributed by atoms with van der Waals surface area (Å²) in [5.41, 5.74) is 3.55. The fraction of sp³-hybridized carbons (Fsp3) is 0.500. The van der Waals surface area contributed by atoms with E-state index in [1.807, 2.05) is 13.3 Å². The Labute approximate surface area is 156 Å². The van der Waals surface area contributed by atoms with Gasteiger partial charge < -0.3 is 10.1 Å². The van der Waals surface area contributed by atoms with Gasteiger partial charge in [0.15, 0.2) is 0 Å². The first-order chi connectivity index (χ1) is 12.7. The van der Waals surface area contributed by atoms with Crippen molar-refractivity contribution in [2.75, 3.05) is 46.5 Å². The summed E-state index contributed by atoms with van der Waals surface area (Å²) in [7, 11) is 1.85. The zero-order chi connectivity index (χ0) is 18.4. The standard InChI is InChI=1S/C20H29N5O/c1-16(18-5-4-17-6-11-26-20(17)12-18)25-9-7-24(8-10-25)15-23-14-19(22-3)13-21-2/h4-5,12-14,16,22H,2,6-11,15H2,1,3H3/b19-13+,23-14?. The van der Waals surface area contributed by atoms with Gasteiger partial charge in [-0.15, -0.1) is 0 Å². The van der Waals surface area contributed by atoms with Crippen molar-refractivity contribution in [2.24, 2.45) is 9.98 Å². The van der Waals surface area contributed by atoms with E-state index < -0.39 is 0 Å². The van der Waals surface area contributed by atoms with Crippen LogP contribution in [-0.4, -0.2) is 69.2 Å². The Kier molecular flexibility index (Phi) is 6.41. The highest BCUT2D eigenvalue weighted by Crippen LogP contribution is 2.30. The van der Waals surface area contributed by atoms with Crippen molar-refractivity contribution in [2.45, 2.75) is 19.4 Å². The number of benzene rings is 1. The highest BCUT2D eigenvalue weighted by atomic mass is 16.5. The minimum atomic E-state index is 0.410. The third-order valence-corrected chi connectivity index (χ3v) is 5.19. The highest BCUT2D eigenvalue weighted by molar-refractivity contribution is 5.77. The Balaban J connectivity index is 1.49. The van der Waals surface area contributed by atoms with Crippen LogP contribution >= 0.6 is 0 Å². The van der Waals surface area contributed by atoms with Gasteiger partial charge in [0.2, 0.25) is 0 Å². The molecule has 1 N–H and O–H groups in total. The number of rotatable bonds is 7. The monoisotopic (exact) mass is 355 g/mol. The van der Waals surface area contributed by atoms with Gasteiger partial charge in [-0.25, -0.2) is 0 Å². The minimum Gasteiger partial charge on any atom is -0.493 e. The normalized spacial score (nSPS) is 20.0. The summed E-state index contributed by atoms with van der Waals surface area (Å²) in [6.45, 7) is 11.4. The maximum absolute atomic E-state index is 5.72. The summed E-state index contributed by atoms with van der Waals surface area (Å²) in [5, 5.41) is 3.04. The molecule has 1 atom stereocenters. The van der Waals surface area contributed by atoms with E-state index in [2.05, 4.69) is 56.9 Å². The molecule has 1 unspecified atom stereocenters. The average molecular weight is 355 g/mol. The van der Waals surface area contributed by atoms with E-state index >= 15 is 0 Å². The molecule has 0 aromatic heterocycles. The fourth-order valence-electron chi connectivity index (χ4n) is 3.46. The van der Waals surface area contributed by atoms with E-state index in [1.54, 1.807) is 6.20 Å². The number of fused-ring (bicyclic) bond motifs is 1. The van der Waals surface area contributed by atoms with Crippen molar-refractivity contribution < 1.29 is 4.74 Å². The van der Waals surface area contributed by atoms with Gasteiger partial charge >= 0.3 is 0 Å². The summed E-state index contributed by atoms with van der Waals surface area (Å²) >= 11 is 0. The molecule has 1 fully saturated rings. The molecular weight excluding hydrogens is 326 g/mol. The Bertz CT molecular complexity index is 677. The molecule has 2 aliphatic heterocycles. The molecule has 2 aliphatic rings. The quantitative estimate of drug-likeness (QED) is 0.761. The molecule has 1 aromatic carbocycles. The second-order valence-electron chi connectivity index (χ2n) is 6.77. The summed E-state index contributed by atoms with van der Waals surface area (Å²) in [6.07, 6.45) is 4.52. The number of aliphatic imine (C=N–C) groups is 2. The van der Waals surface area contributed by atoms with Crippen LogP contribution in [0.15, 0.2) is 40.1 Å². The Hall–Kier alpha value is -2.18. The molecule has 0 radical (unpaired) electrons. The molecule has 140 valence electrons. The van der Waals surface area contributed by atoms with Gasteiger partial charge in [0.1, 0.15) is 5.75 Å². The van der Waals surface area contributed by atoms with Gasteiger partial charge in [-0.2, -0.15) is 0 Å². The number of ether oxygens (including phenoxy) is 1. The van der Waals surface area contributed by atoms with Crippen molar-refractivity contribution in [3.63, 3.8) is 0 Å². The summed E-state index contributed by atoms with van der Waals surface area (Å²) in [4.78, 5) is 13.2. The lowest BCUT2D eigenvalue weighted by molar-refractivity contribution is 0.104. The Morgan fingerprint density at radius 3 is 2.88 bits per heavy atom. The second-order valence-corrected chi connectivity index (χ2v) is 6.77. The maximum Gasteiger partial charge on any atom is 0.122 e. The first-order valence-electron chi connectivity index (χ1n) is 9.27. The maximum atomic E-state index is 5.72. The number of allylic oxidation sites excluding steroid dienone is 1. The van der Waals surface area contributed by atoms with Crippen LogP contribution in [-0.2, 0) is 6.42 Å². The van der Waals surface area contributed by atoms with E-state index in [1.165, 1.54) is 11.1 Å². The zero-order valence-corrected chi connectivity index (χ0v) is 15.8. The number of nitrogens with one attached hydrogen (secondary N) is 1. The van der Waals surface area contributed by atoms with Crippen LogP contribution in [0.25, 0.3) is 0 Å². The second kappa shape index (κ2) is 8.96. The molecule has 6 nitrogen and oxygen atoms in total. The smallest absolute Gasteiger partial charge is 0.122 e. The predicted octanol–water partition coefficient (Wildman–Crippen LogP) is 2.09. The van der Waals surface area contributed by atoms with Crippen molar-refractivity contribution in [1.82, 2.24) is 15.1 Å². The van der Waals surface area contributed by atoms with Crippen LogP contribution in [0, 0.1) is 0 Å². The molecule has 0 bridgehead atoms. The van der Waals surface area contributed by atoms with Crippen LogP contribution in [0.3, 0.4) is 0 Å². The summed E-state index contributed by atoms with van der Waals surface area (Å²) in [6, 6.07) is 7.12. The van der Waals surface area contributed by atoms with Crippen LogP contribution in [0.1, 0.15) is 24.1 Å². The zero-order valence-electron chi connectivity index (χ0n) is 15.8. The molecule has 1 saturated heterocycles. The third-order valence-electron chi connectivity index (χ3n) is 5.19. The van der Waals surface area contributed by atoms with E-state index in [9.17, 15) is 0 Å². The molecule has 2 heterocycles. The van der Waals surface area contributed by atoms with Gasteiger partial charge in [-0.05, 0) is 30.8 Å². The molecule has 1 aromatic rings. The van der Waals surface area contributed by atoms with Crippen molar-refractivity contribution >= 4 is 12.9 Å². The SMILES string of the molecule is C=N/C=C(\C=NCN1CCN(C(C)c2ccc3c(c2)OCC3)CC1)NC. The van der Waals surface area contributed by atoms with Gasteiger partial charge in [0, 0.05) is 51.9 Å². The Morgan fingerprint density at radius 2 is 2.15 bits per heavy atom. The molecule has 0 amide bonds. The van der Waals surface area contributed by atoms with Crippen LogP contribution < -0.4 is 10.1 Å². The molecule has 6 heteroatoms. The fourth-order valence-corrected chi connectivity index (χ4v) is 3.46. The topological polar surface area (TPSA) is 52.5 Å². The number of hydrogen-bond acceptors (Lipinski definition) is 6. The van der Waals surface area contributed by atoms with Crippen LogP contribution in [0.4, 0.5) is 0 Å². The lowest BCUT2D eigenvalue weighted by Gasteiger charge is -2.37. The minimum absolute atomic E-state index is 0.410. The lowest BCUT2D eigenvalue weighted by atomic mass is 10.0. The number of nitrogens with zero attached hydrogens (tertiary/aromatic N) is 4. The number of piperazine rings is 1. The number of hydrogen-bond donors (Lipinski definition) is 1.